The second-order valence-electron chi connectivity index (χ2n) is 2.66. The highest BCUT2D eigenvalue weighted by Gasteiger charge is 2.13. The molecule has 0 saturated heterocycles. The number of carbonyl (C=O) groups excluding carboxylic acids is 1. The van der Waals surface area contributed by atoms with E-state index in [-0.39, 0.29) is 11.8 Å². The third kappa shape index (κ3) is 5.19. The zero-order chi connectivity index (χ0) is 10.3. The van der Waals surface area contributed by atoms with Gasteiger partial charge < -0.3 is 5.11 Å². The smallest absolute Gasteiger partial charge is 0.332 e. The number of hydrogen-bond acceptors (Lipinski definition) is 3. The van der Waals surface area contributed by atoms with Gasteiger partial charge in [0.15, 0.2) is 6.61 Å². The number of hydroxylamine groups is 1. The van der Waals surface area contributed by atoms with Gasteiger partial charge in [0.1, 0.15) is 0 Å². The summed E-state index contributed by atoms with van der Waals surface area (Å²) < 4.78 is 0. The first kappa shape index (κ1) is 11.9. The molecular weight excluding hydrogens is 174 g/mol. The molecule has 0 atom stereocenters. The van der Waals surface area contributed by atoms with Gasteiger partial charge in [-0.05, 0) is 12.8 Å². The standard InChI is InChI=1S/C8H15NO4/c1-3-6(4-2)8(12)9-13-5-7(10)11/h6H,3-5H2,1-2H3,(H,9,12)(H,10,11). The number of aliphatic carboxylic acids is 1. The van der Waals surface area contributed by atoms with Crippen molar-refractivity contribution in [3.63, 3.8) is 0 Å². The molecular formula is C8H15NO4. The summed E-state index contributed by atoms with van der Waals surface area (Å²) in [6.07, 6.45) is 1.44. The van der Waals surface area contributed by atoms with E-state index in [0.29, 0.717) is 0 Å². The van der Waals surface area contributed by atoms with Gasteiger partial charge in [-0.2, -0.15) is 0 Å². The van der Waals surface area contributed by atoms with E-state index >= 15 is 0 Å². The van der Waals surface area contributed by atoms with Crippen molar-refractivity contribution in [1.29, 1.82) is 0 Å². The molecule has 0 spiro atoms. The lowest BCUT2D eigenvalue weighted by Crippen LogP contribution is -2.31. The summed E-state index contributed by atoms with van der Waals surface area (Å²) in [7, 11) is 0. The maximum Gasteiger partial charge on any atom is 0.332 e. The van der Waals surface area contributed by atoms with Gasteiger partial charge in [-0.25, -0.2) is 10.3 Å². The molecule has 0 aromatic carbocycles. The topological polar surface area (TPSA) is 75.6 Å². The van der Waals surface area contributed by atoms with Crippen molar-refractivity contribution < 1.29 is 19.5 Å². The lowest BCUT2D eigenvalue weighted by atomic mass is 10.0. The molecule has 76 valence electrons. The van der Waals surface area contributed by atoms with Gasteiger partial charge in [0.05, 0.1) is 0 Å². The lowest BCUT2D eigenvalue weighted by molar-refractivity contribution is -0.150. The Labute approximate surface area is 77.0 Å². The summed E-state index contributed by atoms with van der Waals surface area (Å²) in [6, 6.07) is 0. The SMILES string of the molecule is CCC(CC)C(=O)NOCC(=O)O. The van der Waals surface area contributed by atoms with Crippen LogP contribution in [0.3, 0.4) is 0 Å². The molecule has 0 rings (SSSR count). The average Bonchev–Trinajstić information content (AvgIpc) is 2.05. The molecule has 1 amide bonds. The molecule has 0 heterocycles. The zero-order valence-electron chi connectivity index (χ0n) is 7.87. The number of hydrogen-bond donors (Lipinski definition) is 2. The minimum Gasteiger partial charge on any atom is -0.479 e. The van der Waals surface area contributed by atoms with Crippen molar-refractivity contribution in [2.24, 2.45) is 5.92 Å². The molecule has 5 nitrogen and oxygen atoms in total. The van der Waals surface area contributed by atoms with Crippen LogP contribution in [-0.4, -0.2) is 23.6 Å². The fraction of sp³-hybridized carbons (Fsp3) is 0.750. The molecule has 2 N–H and O–H groups in total. The Bertz CT molecular complexity index is 177. The van der Waals surface area contributed by atoms with Crippen LogP contribution in [0.1, 0.15) is 26.7 Å². The maximum absolute atomic E-state index is 11.2. The number of carbonyl (C=O) groups is 2. The van der Waals surface area contributed by atoms with Gasteiger partial charge in [0.25, 0.3) is 0 Å². The maximum atomic E-state index is 11.2. The van der Waals surface area contributed by atoms with Gasteiger partial charge >= 0.3 is 5.97 Å². The summed E-state index contributed by atoms with van der Waals surface area (Å²) in [5.74, 6) is -1.47. The largest absolute Gasteiger partial charge is 0.479 e. The molecule has 0 aromatic rings. The van der Waals surface area contributed by atoms with Crippen molar-refractivity contribution in [2.45, 2.75) is 26.7 Å². The lowest BCUT2D eigenvalue weighted by Gasteiger charge is -2.11. The Morgan fingerprint density at radius 2 is 1.92 bits per heavy atom. The first-order valence-corrected chi connectivity index (χ1v) is 4.25. The summed E-state index contributed by atoms with van der Waals surface area (Å²) >= 11 is 0. The normalized spacial score (nSPS) is 10.1. The third-order valence-corrected chi connectivity index (χ3v) is 1.72. The van der Waals surface area contributed by atoms with Crippen LogP contribution in [0.5, 0.6) is 0 Å². The molecule has 13 heavy (non-hydrogen) atoms. The van der Waals surface area contributed by atoms with E-state index in [1.54, 1.807) is 0 Å². The Morgan fingerprint density at radius 3 is 2.31 bits per heavy atom. The molecule has 0 unspecified atom stereocenters. The van der Waals surface area contributed by atoms with E-state index in [1.165, 1.54) is 0 Å². The zero-order valence-corrected chi connectivity index (χ0v) is 7.87. The third-order valence-electron chi connectivity index (χ3n) is 1.72. The monoisotopic (exact) mass is 189 g/mol. The van der Waals surface area contributed by atoms with Crippen LogP contribution in [0.25, 0.3) is 0 Å². The minimum atomic E-state index is -1.11. The van der Waals surface area contributed by atoms with Crippen molar-refractivity contribution in [3.05, 3.63) is 0 Å². The average molecular weight is 189 g/mol. The molecule has 0 fully saturated rings. The van der Waals surface area contributed by atoms with E-state index in [4.69, 9.17) is 5.11 Å². The molecule has 0 saturated carbocycles. The molecule has 0 bridgehead atoms. The Morgan fingerprint density at radius 1 is 1.38 bits per heavy atom. The van der Waals surface area contributed by atoms with Gasteiger partial charge in [-0.3, -0.25) is 9.63 Å². The number of nitrogens with one attached hydrogen (secondary N) is 1. The van der Waals surface area contributed by atoms with Crippen LogP contribution < -0.4 is 5.48 Å². The van der Waals surface area contributed by atoms with Gasteiger partial charge in [0, 0.05) is 5.92 Å². The highest BCUT2D eigenvalue weighted by atomic mass is 16.7. The molecule has 0 radical (unpaired) electrons. The van der Waals surface area contributed by atoms with Crippen molar-refractivity contribution >= 4 is 11.9 Å². The second kappa shape index (κ2) is 6.42. The highest BCUT2D eigenvalue weighted by Crippen LogP contribution is 2.06. The van der Waals surface area contributed by atoms with Crippen LogP contribution in [-0.2, 0) is 14.4 Å². The van der Waals surface area contributed by atoms with Crippen molar-refractivity contribution in [1.82, 2.24) is 5.48 Å². The Balaban J connectivity index is 3.66. The quantitative estimate of drug-likeness (QED) is 0.598. The molecule has 0 aromatic heterocycles. The number of rotatable bonds is 6. The Kier molecular flexibility index (Phi) is 5.88. The fourth-order valence-electron chi connectivity index (χ4n) is 0.912. The summed E-state index contributed by atoms with van der Waals surface area (Å²) in [6.45, 7) is 3.28. The van der Waals surface area contributed by atoms with E-state index < -0.39 is 12.6 Å². The van der Waals surface area contributed by atoms with Gasteiger partial charge in [-0.15, -0.1) is 0 Å². The fourth-order valence-corrected chi connectivity index (χ4v) is 0.912. The first-order chi connectivity index (χ1) is 6.11. The molecule has 0 aliphatic heterocycles. The van der Waals surface area contributed by atoms with Crippen LogP contribution in [0.15, 0.2) is 0 Å². The highest BCUT2D eigenvalue weighted by molar-refractivity contribution is 5.77. The van der Waals surface area contributed by atoms with Gasteiger partial charge in [0.2, 0.25) is 5.91 Å². The molecule has 0 aliphatic carbocycles. The van der Waals surface area contributed by atoms with E-state index in [0.717, 1.165) is 12.8 Å². The molecule has 0 aliphatic rings. The number of carboxylic acid groups (broad SMARTS) is 1. The van der Waals surface area contributed by atoms with Crippen LogP contribution in [0.2, 0.25) is 0 Å². The molecule has 5 heteroatoms. The predicted molar refractivity (Wildman–Crippen MR) is 45.8 cm³/mol. The van der Waals surface area contributed by atoms with Crippen LogP contribution in [0.4, 0.5) is 0 Å². The van der Waals surface area contributed by atoms with Gasteiger partial charge in [-0.1, -0.05) is 13.8 Å². The number of carboxylic acids is 1. The minimum absolute atomic E-state index is 0.103. The van der Waals surface area contributed by atoms with E-state index in [9.17, 15) is 9.59 Å². The van der Waals surface area contributed by atoms with Crippen LogP contribution >= 0.6 is 0 Å². The van der Waals surface area contributed by atoms with Crippen molar-refractivity contribution in [3.8, 4) is 0 Å². The van der Waals surface area contributed by atoms with Crippen molar-refractivity contribution in [2.75, 3.05) is 6.61 Å². The first-order valence-electron chi connectivity index (χ1n) is 4.25. The Hall–Kier alpha value is -1.10. The van der Waals surface area contributed by atoms with E-state index in [1.807, 2.05) is 13.8 Å². The van der Waals surface area contributed by atoms with E-state index in [2.05, 4.69) is 10.3 Å². The summed E-state index contributed by atoms with van der Waals surface area (Å²) in [5.41, 5.74) is 2.10. The second-order valence-corrected chi connectivity index (χ2v) is 2.66. The van der Waals surface area contributed by atoms with Crippen LogP contribution in [0, 0.1) is 5.92 Å². The number of amides is 1. The summed E-state index contributed by atoms with van der Waals surface area (Å²) in [5, 5.41) is 8.20. The summed E-state index contributed by atoms with van der Waals surface area (Å²) in [4.78, 5) is 25.6. The predicted octanol–water partition coefficient (Wildman–Crippen LogP) is 0.555.